The standard InChI is InChI=1S/C54H104NO10P/c1-3-5-7-9-11-13-15-17-19-21-23-24-25-26-27-28-30-31-33-35-37-39-41-43-45-52(56)62-47-50(48-63-66(60,61)64-49-51(55)54(58)59)65-53(57)46-44-42-40-38-36-34-32-29-22-20-18-16-14-12-10-8-6-4-2/h20,22,50-51H,3-19,21,23-49,55H2,1-2H3,(H,58,59)(H,60,61)/b22-20-. The lowest BCUT2D eigenvalue weighted by Crippen LogP contribution is -2.34. The molecule has 0 bridgehead atoms. The quantitative estimate of drug-likeness (QED) is 0.0229. The van der Waals surface area contributed by atoms with E-state index in [2.05, 4.69) is 26.0 Å². The van der Waals surface area contributed by atoms with Crippen LogP contribution in [-0.4, -0.2) is 59.9 Å². The minimum absolute atomic E-state index is 0.161. The Balaban J connectivity index is 4.13. The molecule has 0 saturated heterocycles. The lowest BCUT2D eigenvalue weighted by molar-refractivity contribution is -0.161. The molecule has 11 nitrogen and oxygen atoms in total. The summed E-state index contributed by atoms with van der Waals surface area (Å²) in [5, 5.41) is 8.93. The molecular weight excluding hydrogens is 854 g/mol. The van der Waals surface area contributed by atoms with Crippen molar-refractivity contribution in [1.82, 2.24) is 0 Å². The molecule has 0 saturated carbocycles. The minimum atomic E-state index is -4.72. The zero-order chi connectivity index (χ0) is 48.4. The van der Waals surface area contributed by atoms with Gasteiger partial charge in [-0.1, -0.05) is 244 Å². The largest absolute Gasteiger partial charge is 0.480 e. The van der Waals surface area contributed by atoms with Gasteiger partial charge in [0.15, 0.2) is 6.10 Å². The first-order valence-corrected chi connectivity index (χ1v) is 29.2. The predicted octanol–water partition coefficient (Wildman–Crippen LogP) is 16.0. The molecule has 390 valence electrons. The summed E-state index contributed by atoms with van der Waals surface area (Å²) >= 11 is 0. The third kappa shape index (κ3) is 48.7. The number of phosphoric acid groups is 1. The van der Waals surface area contributed by atoms with Crippen LogP contribution in [-0.2, 0) is 37.5 Å². The van der Waals surface area contributed by atoms with Crippen molar-refractivity contribution in [2.45, 2.75) is 296 Å². The van der Waals surface area contributed by atoms with Crippen LogP contribution in [0.1, 0.15) is 284 Å². The van der Waals surface area contributed by atoms with Crippen molar-refractivity contribution >= 4 is 25.7 Å². The van der Waals surface area contributed by atoms with E-state index in [0.717, 1.165) is 44.9 Å². The minimum Gasteiger partial charge on any atom is -0.480 e. The maximum absolute atomic E-state index is 12.7. The van der Waals surface area contributed by atoms with Crippen molar-refractivity contribution in [2.75, 3.05) is 19.8 Å². The molecule has 12 heteroatoms. The van der Waals surface area contributed by atoms with Crippen LogP contribution in [0.4, 0.5) is 0 Å². The molecule has 66 heavy (non-hydrogen) atoms. The number of carbonyl (C=O) groups excluding carboxylic acids is 2. The van der Waals surface area contributed by atoms with Gasteiger partial charge in [-0.2, -0.15) is 0 Å². The van der Waals surface area contributed by atoms with E-state index in [1.807, 2.05) is 0 Å². The van der Waals surface area contributed by atoms with Gasteiger partial charge in [0.05, 0.1) is 13.2 Å². The summed E-state index contributed by atoms with van der Waals surface area (Å²) in [6.07, 6.45) is 54.3. The maximum atomic E-state index is 12.7. The van der Waals surface area contributed by atoms with Gasteiger partial charge in [-0.3, -0.25) is 23.4 Å². The molecular formula is C54H104NO10P. The van der Waals surface area contributed by atoms with Gasteiger partial charge >= 0.3 is 25.7 Å². The van der Waals surface area contributed by atoms with Crippen molar-refractivity contribution in [3.63, 3.8) is 0 Å². The molecule has 0 heterocycles. The Morgan fingerprint density at radius 2 is 0.758 bits per heavy atom. The second-order valence-electron chi connectivity index (χ2n) is 19.1. The molecule has 0 amide bonds. The van der Waals surface area contributed by atoms with Gasteiger partial charge in [-0.15, -0.1) is 0 Å². The monoisotopic (exact) mass is 958 g/mol. The summed E-state index contributed by atoms with van der Waals surface area (Å²) in [4.78, 5) is 46.3. The van der Waals surface area contributed by atoms with Gasteiger partial charge in [-0.25, -0.2) is 4.57 Å². The second kappa shape index (κ2) is 49.6. The smallest absolute Gasteiger partial charge is 0.472 e. The lowest BCUT2D eigenvalue weighted by Gasteiger charge is -2.20. The number of carboxylic acid groups (broad SMARTS) is 1. The molecule has 0 radical (unpaired) electrons. The molecule has 0 aromatic rings. The Bertz CT molecular complexity index is 1170. The Morgan fingerprint density at radius 3 is 1.11 bits per heavy atom. The lowest BCUT2D eigenvalue weighted by atomic mass is 10.0. The van der Waals surface area contributed by atoms with Crippen molar-refractivity contribution in [1.29, 1.82) is 0 Å². The zero-order valence-electron chi connectivity index (χ0n) is 42.8. The number of aliphatic carboxylic acids is 1. The van der Waals surface area contributed by atoms with Crippen LogP contribution < -0.4 is 5.73 Å². The number of esters is 2. The molecule has 0 aromatic carbocycles. The van der Waals surface area contributed by atoms with Crippen molar-refractivity contribution in [3.8, 4) is 0 Å². The Morgan fingerprint density at radius 1 is 0.455 bits per heavy atom. The summed E-state index contributed by atoms with van der Waals surface area (Å²) in [7, 11) is -4.72. The SMILES string of the molecule is CCCCCCCCC/C=C\CCCCCCCCCC(=O)OC(COC(=O)CCCCCCCCCCCCCCCCCCCCCCCCCC)COP(=O)(O)OCC(N)C(=O)O. The molecule has 0 aliphatic rings. The fourth-order valence-electron chi connectivity index (χ4n) is 8.18. The number of carboxylic acids is 1. The third-order valence-electron chi connectivity index (χ3n) is 12.5. The van der Waals surface area contributed by atoms with Crippen molar-refractivity contribution in [2.24, 2.45) is 5.73 Å². The Kier molecular flexibility index (Phi) is 48.3. The summed E-state index contributed by atoms with van der Waals surface area (Å²) < 4.78 is 32.9. The first-order valence-electron chi connectivity index (χ1n) is 27.7. The number of nitrogens with two attached hydrogens (primary N) is 1. The molecule has 0 rings (SSSR count). The molecule has 3 atom stereocenters. The van der Waals surface area contributed by atoms with Crippen LogP contribution in [0.2, 0.25) is 0 Å². The van der Waals surface area contributed by atoms with E-state index in [0.29, 0.717) is 12.8 Å². The number of hydrogen-bond acceptors (Lipinski definition) is 9. The molecule has 0 fully saturated rings. The topological polar surface area (TPSA) is 172 Å². The highest BCUT2D eigenvalue weighted by Crippen LogP contribution is 2.43. The highest BCUT2D eigenvalue weighted by Gasteiger charge is 2.28. The average Bonchev–Trinajstić information content (AvgIpc) is 3.30. The number of allylic oxidation sites excluding steroid dienone is 2. The number of rotatable bonds is 53. The molecule has 3 unspecified atom stereocenters. The number of unbranched alkanes of at least 4 members (excludes halogenated alkanes) is 37. The Labute approximate surface area is 405 Å². The van der Waals surface area contributed by atoms with Crippen LogP contribution in [0.3, 0.4) is 0 Å². The van der Waals surface area contributed by atoms with Gasteiger partial charge in [0, 0.05) is 12.8 Å². The molecule has 0 spiro atoms. The second-order valence-corrected chi connectivity index (χ2v) is 20.5. The zero-order valence-corrected chi connectivity index (χ0v) is 43.7. The van der Waals surface area contributed by atoms with Gasteiger partial charge in [0.2, 0.25) is 0 Å². The number of ether oxygens (including phenoxy) is 2. The summed E-state index contributed by atoms with van der Waals surface area (Å²) in [5.41, 5.74) is 5.36. The molecule has 0 aliphatic heterocycles. The van der Waals surface area contributed by atoms with E-state index < -0.39 is 51.1 Å². The molecule has 0 aliphatic carbocycles. The number of carbonyl (C=O) groups is 3. The highest BCUT2D eigenvalue weighted by molar-refractivity contribution is 7.47. The van der Waals surface area contributed by atoms with E-state index in [9.17, 15) is 23.8 Å². The van der Waals surface area contributed by atoms with Crippen LogP contribution in [0.25, 0.3) is 0 Å². The first-order chi connectivity index (χ1) is 32.1. The number of hydrogen-bond donors (Lipinski definition) is 3. The van der Waals surface area contributed by atoms with E-state index >= 15 is 0 Å². The first kappa shape index (κ1) is 64.2. The van der Waals surface area contributed by atoms with Gasteiger partial charge in [0.25, 0.3) is 0 Å². The Hall–Kier alpha value is -1.78. The van der Waals surface area contributed by atoms with Crippen LogP contribution in [0.15, 0.2) is 12.2 Å². The van der Waals surface area contributed by atoms with Crippen LogP contribution in [0.5, 0.6) is 0 Å². The van der Waals surface area contributed by atoms with E-state index in [-0.39, 0.29) is 19.4 Å². The predicted molar refractivity (Wildman–Crippen MR) is 273 cm³/mol. The van der Waals surface area contributed by atoms with Gasteiger partial charge < -0.3 is 25.2 Å². The number of phosphoric ester groups is 1. The summed E-state index contributed by atoms with van der Waals surface area (Å²) in [6, 6.07) is -1.52. The van der Waals surface area contributed by atoms with E-state index in [1.165, 1.54) is 199 Å². The summed E-state index contributed by atoms with van der Waals surface area (Å²) in [5.74, 6) is -2.36. The summed E-state index contributed by atoms with van der Waals surface area (Å²) in [6.45, 7) is 2.86. The van der Waals surface area contributed by atoms with Crippen LogP contribution >= 0.6 is 7.82 Å². The normalized spacial score (nSPS) is 13.5. The third-order valence-corrected chi connectivity index (χ3v) is 13.5. The molecule has 4 N–H and O–H groups in total. The maximum Gasteiger partial charge on any atom is 0.472 e. The average molecular weight is 958 g/mol. The fraction of sp³-hybridized carbons (Fsp3) is 0.907. The van der Waals surface area contributed by atoms with Gasteiger partial charge in [0.1, 0.15) is 12.6 Å². The van der Waals surface area contributed by atoms with Crippen LogP contribution in [0, 0.1) is 0 Å². The van der Waals surface area contributed by atoms with Crippen molar-refractivity contribution in [3.05, 3.63) is 12.2 Å². The van der Waals surface area contributed by atoms with E-state index in [1.54, 1.807) is 0 Å². The molecule has 0 aromatic heterocycles. The highest BCUT2D eigenvalue weighted by atomic mass is 31.2. The van der Waals surface area contributed by atoms with Crippen molar-refractivity contribution < 1.29 is 47.5 Å². The van der Waals surface area contributed by atoms with Gasteiger partial charge in [-0.05, 0) is 38.5 Å². The fourth-order valence-corrected chi connectivity index (χ4v) is 8.96. The van der Waals surface area contributed by atoms with E-state index in [4.69, 9.17) is 29.4 Å².